The summed E-state index contributed by atoms with van der Waals surface area (Å²) in [5.74, 6) is 0.0361. The number of fused-ring (bicyclic) bond motifs is 3. The molecular weight excluding hydrogens is 380 g/mol. The lowest BCUT2D eigenvalue weighted by atomic mass is 10.1. The maximum absolute atomic E-state index is 12.5. The molecule has 0 saturated heterocycles. The highest BCUT2D eigenvalue weighted by Crippen LogP contribution is 2.30. The van der Waals surface area contributed by atoms with Gasteiger partial charge in [-0.05, 0) is 38.1 Å². The van der Waals surface area contributed by atoms with Crippen LogP contribution in [-0.4, -0.2) is 55.7 Å². The predicted molar refractivity (Wildman–Crippen MR) is 108 cm³/mol. The van der Waals surface area contributed by atoms with Gasteiger partial charge in [0, 0.05) is 31.7 Å². The Bertz CT molecular complexity index is 1120. The highest BCUT2D eigenvalue weighted by molar-refractivity contribution is 7.89. The Morgan fingerprint density at radius 3 is 2.61 bits per heavy atom. The number of ether oxygens (including phenoxy) is 2. The Morgan fingerprint density at radius 1 is 1.18 bits per heavy atom. The summed E-state index contributed by atoms with van der Waals surface area (Å²) in [5, 5.41) is 0.755. The van der Waals surface area contributed by atoms with Crippen molar-refractivity contribution in [1.82, 2.24) is 8.71 Å². The van der Waals surface area contributed by atoms with Crippen LogP contribution in [0.15, 0.2) is 42.6 Å². The third-order valence-corrected chi connectivity index (χ3v) is 6.44. The molecule has 0 aliphatic carbocycles. The number of esters is 1. The number of rotatable bonds is 7. The molecule has 8 heteroatoms. The summed E-state index contributed by atoms with van der Waals surface area (Å²) in [4.78, 5) is 12.5. The second kappa shape index (κ2) is 7.81. The van der Waals surface area contributed by atoms with E-state index in [0.29, 0.717) is 17.9 Å². The van der Waals surface area contributed by atoms with Crippen LogP contribution < -0.4 is 4.74 Å². The first-order valence-electron chi connectivity index (χ1n) is 9.01. The number of pyridine rings is 1. The summed E-state index contributed by atoms with van der Waals surface area (Å²) in [7, 11) is -0.371. The molecule has 0 aliphatic heterocycles. The predicted octanol–water partition coefficient (Wildman–Crippen LogP) is 2.93. The molecule has 0 saturated carbocycles. The Kier molecular flexibility index (Phi) is 5.62. The van der Waals surface area contributed by atoms with Gasteiger partial charge in [0.05, 0.1) is 23.2 Å². The molecule has 150 valence electrons. The number of carbonyl (C=O) groups excluding carboxylic acids is 1. The fourth-order valence-corrected chi connectivity index (χ4v) is 4.08. The van der Waals surface area contributed by atoms with Crippen molar-refractivity contribution in [3.8, 4) is 5.75 Å². The Balaban J connectivity index is 2.00. The Morgan fingerprint density at radius 2 is 1.93 bits per heavy atom. The SMILES string of the molecule is CCOC(=O)c1c2ccc(OC(C)CS(=O)(=O)N(C)C)cc2n2ccccc12. The summed E-state index contributed by atoms with van der Waals surface area (Å²) in [6.07, 6.45) is 1.34. The van der Waals surface area contributed by atoms with Gasteiger partial charge in [-0.1, -0.05) is 6.07 Å². The molecule has 1 aromatic carbocycles. The van der Waals surface area contributed by atoms with E-state index in [1.165, 1.54) is 18.4 Å². The van der Waals surface area contributed by atoms with Crippen molar-refractivity contribution in [2.24, 2.45) is 0 Å². The zero-order valence-corrected chi connectivity index (χ0v) is 17.2. The van der Waals surface area contributed by atoms with Crippen molar-refractivity contribution in [1.29, 1.82) is 0 Å². The first kappa shape index (κ1) is 20.2. The van der Waals surface area contributed by atoms with E-state index in [2.05, 4.69) is 0 Å². The fourth-order valence-electron chi connectivity index (χ4n) is 3.12. The minimum absolute atomic E-state index is 0.124. The van der Waals surface area contributed by atoms with E-state index in [1.54, 1.807) is 26.0 Å². The highest BCUT2D eigenvalue weighted by atomic mass is 32.2. The molecule has 3 aromatic rings. The van der Waals surface area contributed by atoms with Crippen molar-refractivity contribution >= 4 is 32.4 Å². The molecule has 0 fully saturated rings. The standard InChI is InChI=1S/C20H24N2O5S/c1-5-26-20(23)19-16-10-9-15(27-14(2)13-28(24,25)21(3)4)12-18(16)22-11-7-6-8-17(19)22/h6-12,14H,5,13H2,1-4H3. The minimum Gasteiger partial charge on any atom is -0.490 e. The van der Waals surface area contributed by atoms with Gasteiger partial charge < -0.3 is 13.9 Å². The summed E-state index contributed by atoms with van der Waals surface area (Å²) in [6, 6.07) is 11.0. The molecule has 1 unspecified atom stereocenters. The molecule has 2 heterocycles. The normalized spacial score (nSPS) is 13.2. The molecule has 0 radical (unpaired) electrons. The third kappa shape index (κ3) is 3.83. The number of benzene rings is 1. The maximum atomic E-state index is 12.5. The summed E-state index contributed by atoms with van der Waals surface area (Å²) < 4.78 is 38.2. The van der Waals surface area contributed by atoms with Crippen LogP contribution in [0, 0.1) is 0 Å². The number of carbonyl (C=O) groups is 1. The Labute approximate surface area is 164 Å². The van der Waals surface area contributed by atoms with Crippen LogP contribution in [0.5, 0.6) is 5.75 Å². The molecule has 0 spiro atoms. The average Bonchev–Trinajstić information content (AvgIpc) is 2.95. The zero-order chi connectivity index (χ0) is 20.5. The maximum Gasteiger partial charge on any atom is 0.340 e. The number of hydrogen-bond acceptors (Lipinski definition) is 5. The van der Waals surface area contributed by atoms with Crippen LogP contribution in [0.3, 0.4) is 0 Å². The summed E-state index contributed by atoms with van der Waals surface area (Å²) in [5.41, 5.74) is 2.04. The van der Waals surface area contributed by atoms with Gasteiger partial charge in [0.1, 0.15) is 17.6 Å². The summed E-state index contributed by atoms with van der Waals surface area (Å²) in [6.45, 7) is 3.78. The molecule has 0 bridgehead atoms. The van der Waals surface area contributed by atoms with Crippen molar-refractivity contribution < 1.29 is 22.7 Å². The monoisotopic (exact) mass is 404 g/mol. The van der Waals surface area contributed by atoms with E-state index >= 15 is 0 Å². The van der Waals surface area contributed by atoms with E-state index in [0.717, 1.165) is 16.4 Å². The molecule has 3 rings (SSSR count). The second-order valence-corrected chi connectivity index (χ2v) is 8.95. The van der Waals surface area contributed by atoms with E-state index in [4.69, 9.17) is 9.47 Å². The topological polar surface area (TPSA) is 77.3 Å². The Hall–Kier alpha value is -2.58. The van der Waals surface area contributed by atoms with Crippen LogP contribution >= 0.6 is 0 Å². The lowest BCUT2D eigenvalue weighted by Gasteiger charge is -2.18. The lowest BCUT2D eigenvalue weighted by molar-refractivity contribution is 0.0531. The van der Waals surface area contributed by atoms with Gasteiger partial charge >= 0.3 is 5.97 Å². The van der Waals surface area contributed by atoms with E-state index in [-0.39, 0.29) is 11.7 Å². The number of hydrogen-bond donors (Lipinski definition) is 0. The molecule has 0 N–H and O–H groups in total. The molecule has 0 amide bonds. The molecular formula is C20H24N2O5S. The fraction of sp³-hybridized carbons (Fsp3) is 0.350. The first-order valence-corrected chi connectivity index (χ1v) is 10.6. The van der Waals surface area contributed by atoms with Gasteiger partial charge in [0.15, 0.2) is 0 Å². The van der Waals surface area contributed by atoms with E-state index < -0.39 is 16.1 Å². The molecule has 7 nitrogen and oxygen atoms in total. The van der Waals surface area contributed by atoms with E-state index in [1.807, 2.05) is 34.9 Å². The molecule has 0 aliphatic rings. The lowest BCUT2D eigenvalue weighted by Crippen LogP contribution is -2.32. The van der Waals surface area contributed by atoms with Crippen molar-refractivity contribution in [3.05, 3.63) is 48.2 Å². The van der Waals surface area contributed by atoms with Crippen molar-refractivity contribution in [2.45, 2.75) is 20.0 Å². The van der Waals surface area contributed by atoms with Gasteiger partial charge in [-0.15, -0.1) is 0 Å². The van der Waals surface area contributed by atoms with Crippen LogP contribution in [0.4, 0.5) is 0 Å². The minimum atomic E-state index is -3.37. The van der Waals surface area contributed by atoms with Gasteiger partial charge in [-0.3, -0.25) is 0 Å². The van der Waals surface area contributed by atoms with Gasteiger partial charge in [0.25, 0.3) is 0 Å². The van der Waals surface area contributed by atoms with Crippen LogP contribution in [0.1, 0.15) is 24.2 Å². The quantitative estimate of drug-likeness (QED) is 0.566. The number of sulfonamides is 1. The third-order valence-electron chi connectivity index (χ3n) is 4.43. The van der Waals surface area contributed by atoms with Gasteiger partial charge in [0.2, 0.25) is 10.0 Å². The largest absolute Gasteiger partial charge is 0.490 e. The molecule has 2 aromatic heterocycles. The number of aromatic nitrogens is 1. The van der Waals surface area contributed by atoms with Crippen molar-refractivity contribution in [2.75, 3.05) is 26.5 Å². The van der Waals surface area contributed by atoms with Gasteiger partial charge in [-0.25, -0.2) is 17.5 Å². The average molecular weight is 404 g/mol. The highest BCUT2D eigenvalue weighted by Gasteiger charge is 2.22. The van der Waals surface area contributed by atoms with Crippen LogP contribution in [0.25, 0.3) is 16.4 Å². The van der Waals surface area contributed by atoms with Crippen LogP contribution in [-0.2, 0) is 14.8 Å². The molecule has 1 atom stereocenters. The zero-order valence-electron chi connectivity index (χ0n) is 16.4. The second-order valence-electron chi connectivity index (χ2n) is 6.72. The number of nitrogens with zero attached hydrogens (tertiary/aromatic N) is 2. The van der Waals surface area contributed by atoms with Gasteiger partial charge in [-0.2, -0.15) is 0 Å². The van der Waals surface area contributed by atoms with Crippen LogP contribution in [0.2, 0.25) is 0 Å². The van der Waals surface area contributed by atoms with E-state index in [9.17, 15) is 13.2 Å². The summed E-state index contributed by atoms with van der Waals surface area (Å²) >= 11 is 0. The van der Waals surface area contributed by atoms with Crippen molar-refractivity contribution in [3.63, 3.8) is 0 Å². The smallest absolute Gasteiger partial charge is 0.340 e. The molecule has 28 heavy (non-hydrogen) atoms. The first-order chi connectivity index (χ1) is 13.2.